The second-order valence-electron chi connectivity index (χ2n) is 7.34. The van der Waals surface area contributed by atoms with Gasteiger partial charge >= 0.3 is 0 Å². The Morgan fingerprint density at radius 1 is 1.11 bits per heavy atom. The van der Waals surface area contributed by atoms with Crippen molar-refractivity contribution in [3.63, 3.8) is 0 Å². The minimum atomic E-state index is -3.61. The summed E-state index contributed by atoms with van der Waals surface area (Å²) in [7, 11) is -2.28. The van der Waals surface area contributed by atoms with Gasteiger partial charge in [0.25, 0.3) is 0 Å². The highest BCUT2D eigenvalue weighted by Gasteiger charge is 2.19. The van der Waals surface area contributed by atoms with Crippen LogP contribution in [-0.2, 0) is 19.6 Å². The van der Waals surface area contributed by atoms with Crippen molar-refractivity contribution in [2.75, 3.05) is 32.0 Å². The molecule has 3 N–H and O–H groups in total. The number of likely N-dealkylation sites (N-methyl/N-ethyl adjacent to an activating group) is 1. The molecule has 0 bridgehead atoms. The quantitative estimate of drug-likeness (QED) is 0.607. The summed E-state index contributed by atoms with van der Waals surface area (Å²) in [5, 5.41) is 5.55. The van der Waals surface area contributed by atoms with E-state index in [4.69, 9.17) is 0 Å². The van der Waals surface area contributed by atoms with E-state index < -0.39 is 10.0 Å². The molecule has 0 heterocycles. The molecule has 0 saturated carbocycles. The summed E-state index contributed by atoms with van der Waals surface area (Å²) in [6, 6.07) is 4.69. The molecule has 152 valence electrons. The van der Waals surface area contributed by atoms with E-state index in [1.807, 2.05) is 27.7 Å². The van der Waals surface area contributed by atoms with E-state index in [1.54, 1.807) is 24.0 Å². The zero-order valence-electron chi connectivity index (χ0n) is 16.8. The van der Waals surface area contributed by atoms with Gasteiger partial charge in [-0.15, -0.1) is 0 Å². The maximum atomic E-state index is 12.3. The summed E-state index contributed by atoms with van der Waals surface area (Å²) < 4.78 is 26.4. The number of hydrogen-bond acceptors (Lipinski definition) is 5. The number of sulfonamides is 1. The monoisotopic (exact) mass is 398 g/mol. The number of nitrogens with one attached hydrogen (secondary N) is 3. The summed E-state index contributed by atoms with van der Waals surface area (Å²) >= 11 is 0. The molecular weight excluding hydrogens is 368 g/mol. The second kappa shape index (κ2) is 9.29. The maximum Gasteiger partial charge on any atom is 0.240 e. The Balaban J connectivity index is 2.78. The molecule has 0 fully saturated rings. The summed E-state index contributed by atoms with van der Waals surface area (Å²) in [6.45, 7) is 9.87. The van der Waals surface area contributed by atoms with E-state index >= 15 is 0 Å². The fourth-order valence-electron chi connectivity index (χ4n) is 2.42. The lowest BCUT2D eigenvalue weighted by molar-refractivity contribution is -0.124. The van der Waals surface area contributed by atoms with Crippen LogP contribution in [0.2, 0.25) is 0 Å². The molecule has 0 radical (unpaired) electrons. The fraction of sp³-hybridized carbons (Fsp3) is 0.556. The summed E-state index contributed by atoms with van der Waals surface area (Å²) in [6.07, 6.45) is 0. The van der Waals surface area contributed by atoms with Crippen LogP contribution < -0.4 is 15.4 Å². The van der Waals surface area contributed by atoms with Gasteiger partial charge in [-0.05, 0) is 59.0 Å². The number of amides is 2. The fourth-order valence-corrected chi connectivity index (χ4v) is 3.42. The molecule has 0 spiro atoms. The number of aryl methyl sites for hydroxylation is 1. The average Bonchev–Trinajstić information content (AvgIpc) is 2.54. The molecule has 1 rings (SSSR count). The van der Waals surface area contributed by atoms with Crippen LogP contribution in [0.15, 0.2) is 23.1 Å². The van der Waals surface area contributed by atoms with Gasteiger partial charge in [-0.25, -0.2) is 13.1 Å². The van der Waals surface area contributed by atoms with Crippen LogP contribution in [0.25, 0.3) is 0 Å². The largest absolute Gasteiger partial charge is 0.350 e. The van der Waals surface area contributed by atoms with Gasteiger partial charge in [0.2, 0.25) is 21.8 Å². The van der Waals surface area contributed by atoms with E-state index in [1.165, 1.54) is 13.1 Å². The van der Waals surface area contributed by atoms with Crippen molar-refractivity contribution in [2.24, 2.45) is 0 Å². The number of anilines is 1. The molecule has 0 saturated heterocycles. The van der Waals surface area contributed by atoms with Crippen LogP contribution in [0.5, 0.6) is 0 Å². The predicted octanol–water partition coefficient (Wildman–Crippen LogP) is 1.08. The zero-order chi connectivity index (χ0) is 20.8. The molecule has 8 nitrogen and oxygen atoms in total. The number of rotatable bonds is 8. The van der Waals surface area contributed by atoms with E-state index in [9.17, 15) is 18.0 Å². The molecule has 0 aliphatic rings. The molecule has 27 heavy (non-hydrogen) atoms. The van der Waals surface area contributed by atoms with Gasteiger partial charge in [0.05, 0.1) is 18.0 Å². The van der Waals surface area contributed by atoms with Gasteiger partial charge in [-0.3, -0.25) is 14.5 Å². The molecule has 0 unspecified atom stereocenters. The minimum absolute atomic E-state index is 0.0239. The molecule has 1 aromatic rings. The van der Waals surface area contributed by atoms with Gasteiger partial charge in [-0.1, -0.05) is 13.0 Å². The van der Waals surface area contributed by atoms with E-state index in [0.717, 1.165) is 0 Å². The molecule has 1 aromatic carbocycles. The minimum Gasteiger partial charge on any atom is -0.350 e. The molecular formula is C18H30N4O4S. The number of carbonyl (C=O) groups excluding carboxylic acids is 2. The Hall–Kier alpha value is -1.97. The first kappa shape index (κ1) is 23.1. The van der Waals surface area contributed by atoms with Crippen LogP contribution in [0.3, 0.4) is 0 Å². The van der Waals surface area contributed by atoms with Crippen molar-refractivity contribution in [2.45, 2.75) is 45.1 Å². The first-order chi connectivity index (χ1) is 12.4. The Labute approximate surface area is 161 Å². The van der Waals surface area contributed by atoms with E-state index in [-0.39, 0.29) is 35.3 Å². The van der Waals surface area contributed by atoms with E-state index in [2.05, 4.69) is 15.4 Å². The van der Waals surface area contributed by atoms with Crippen molar-refractivity contribution in [1.29, 1.82) is 0 Å². The molecule has 2 amide bonds. The average molecular weight is 399 g/mol. The van der Waals surface area contributed by atoms with Crippen LogP contribution in [0.4, 0.5) is 5.69 Å². The predicted molar refractivity (Wildman–Crippen MR) is 106 cm³/mol. The maximum absolute atomic E-state index is 12.3. The lowest BCUT2D eigenvalue weighted by Gasteiger charge is -2.24. The van der Waals surface area contributed by atoms with Crippen molar-refractivity contribution in [1.82, 2.24) is 14.9 Å². The highest BCUT2D eigenvalue weighted by atomic mass is 32.2. The molecule has 9 heteroatoms. The van der Waals surface area contributed by atoms with Crippen molar-refractivity contribution in [3.05, 3.63) is 23.8 Å². The lowest BCUT2D eigenvalue weighted by Crippen LogP contribution is -2.47. The number of benzene rings is 1. The number of nitrogens with zero attached hydrogens (tertiary/aromatic N) is 1. The number of hydrogen-bond donors (Lipinski definition) is 3. The van der Waals surface area contributed by atoms with Crippen LogP contribution in [-0.4, -0.2) is 57.4 Å². The van der Waals surface area contributed by atoms with Gasteiger partial charge in [-0.2, -0.15) is 0 Å². The van der Waals surface area contributed by atoms with Crippen LogP contribution >= 0.6 is 0 Å². The van der Waals surface area contributed by atoms with Crippen LogP contribution in [0, 0.1) is 6.92 Å². The van der Waals surface area contributed by atoms with Crippen molar-refractivity contribution in [3.8, 4) is 0 Å². The van der Waals surface area contributed by atoms with Crippen molar-refractivity contribution < 1.29 is 18.0 Å². The molecule has 0 atom stereocenters. The Kier molecular flexibility index (Phi) is 7.94. The lowest BCUT2D eigenvalue weighted by atomic mass is 10.1. The first-order valence-corrected chi connectivity index (χ1v) is 10.2. The molecule has 0 aromatic heterocycles. The van der Waals surface area contributed by atoms with E-state index in [0.29, 0.717) is 17.8 Å². The second-order valence-corrected chi connectivity index (χ2v) is 9.19. The smallest absolute Gasteiger partial charge is 0.240 e. The van der Waals surface area contributed by atoms with Crippen LogP contribution in [0.1, 0.15) is 33.3 Å². The Morgan fingerprint density at radius 3 is 2.22 bits per heavy atom. The van der Waals surface area contributed by atoms with Gasteiger partial charge in [0.1, 0.15) is 0 Å². The zero-order valence-corrected chi connectivity index (χ0v) is 17.7. The molecule has 0 aliphatic carbocycles. The first-order valence-electron chi connectivity index (χ1n) is 8.75. The Bertz CT molecular complexity index is 785. The topological polar surface area (TPSA) is 108 Å². The summed E-state index contributed by atoms with van der Waals surface area (Å²) in [4.78, 5) is 26.2. The summed E-state index contributed by atoms with van der Waals surface area (Å²) in [5.41, 5.74) is 0.626. The molecule has 0 aliphatic heterocycles. The number of carbonyl (C=O) groups is 2. The Morgan fingerprint density at radius 2 is 1.70 bits per heavy atom. The highest BCUT2D eigenvalue weighted by Crippen LogP contribution is 2.19. The third-order valence-corrected chi connectivity index (χ3v) is 5.28. The van der Waals surface area contributed by atoms with Gasteiger partial charge < -0.3 is 10.6 Å². The van der Waals surface area contributed by atoms with Crippen molar-refractivity contribution >= 4 is 27.5 Å². The SMILES string of the molecule is CCN(CC(=O)Nc1ccc(C)c(S(=O)(=O)NC)c1)CC(=O)NC(C)(C)C. The van der Waals surface area contributed by atoms with Gasteiger partial charge in [0.15, 0.2) is 0 Å². The van der Waals surface area contributed by atoms with Gasteiger partial charge in [0, 0.05) is 11.2 Å². The standard InChI is InChI=1S/C18H30N4O4S/c1-7-22(12-17(24)21-18(3,4)5)11-16(23)20-14-9-8-13(2)15(10-14)27(25,26)19-6/h8-10,19H,7,11-12H2,1-6H3,(H,20,23)(H,21,24). The normalized spacial score (nSPS) is 12.1. The highest BCUT2D eigenvalue weighted by molar-refractivity contribution is 7.89. The third-order valence-electron chi connectivity index (χ3n) is 3.73. The summed E-state index contributed by atoms with van der Waals surface area (Å²) in [5.74, 6) is -0.480. The third kappa shape index (κ3) is 7.66.